The highest BCUT2D eigenvalue weighted by atomic mass is 15.3. The number of aromatic nitrogens is 2. The zero-order valence-electron chi connectivity index (χ0n) is 8.87. The Morgan fingerprint density at radius 1 is 1.43 bits per heavy atom. The van der Waals surface area contributed by atoms with Crippen LogP contribution in [0.15, 0.2) is 12.4 Å². The topological polar surface area (TPSA) is 29.9 Å². The number of aryl methyl sites for hydroxylation is 1. The monoisotopic (exact) mass is 193 g/mol. The molecule has 3 heteroatoms. The van der Waals surface area contributed by atoms with Crippen LogP contribution in [0, 0.1) is 0 Å². The molecule has 0 aliphatic heterocycles. The van der Waals surface area contributed by atoms with Crippen molar-refractivity contribution < 1.29 is 0 Å². The van der Waals surface area contributed by atoms with Gasteiger partial charge in [0.2, 0.25) is 0 Å². The van der Waals surface area contributed by atoms with Crippen LogP contribution >= 0.6 is 0 Å². The molecule has 1 aliphatic rings. The summed E-state index contributed by atoms with van der Waals surface area (Å²) in [5, 5.41) is 7.81. The fourth-order valence-electron chi connectivity index (χ4n) is 2.09. The van der Waals surface area contributed by atoms with E-state index in [2.05, 4.69) is 23.5 Å². The second-order valence-corrected chi connectivity index (χ2v) is 4.06. The summed E-state index contributed by atoms with van der Waals surface area (Å²) in [4.78, 5) is 0. The zero-order chi connectivity index (χ0) is 9.80. The van der Waals surface area contributed by atoms with Crippen molar-refractivity contribution in [3.63, 3.8) is 0 Å². The SMILES string of the molecule is CCn1cc(NC2CCCCC2)cn1. The van der Waals surface area contributed by atoms with Crippen LogP contribution in [0.1, 0.15) is 39.0 Å². The van der Waals surface area contributed by atoms with E-state index < -0.39 is 0 Å². The Balaban J connectivity index is 1.89. The minimum atomic E-state index is 0.679. The van der Waals surface area contributed by atoms with Gasteiger partial charge in [0.1, 0.15) is 0 Å². The third kappa shape index (κ3) is 2.28. The second-order valence-electron chi connectivity index (χ2n) is 4.06. The van der Waals surface area contributed by atoms with E-state index in [0.717, 1.165) is 6.54 Å². The summed E-state index contributed by atoms with van der Waals surface area (Å²) in [5.41, 5.74) is 1.18. The molecular weight excluding hydrogens is 174 g/mol. The molecule has 1 aromatic heterocycles. The Labute approximate surface area is 85.5 Å². The van der Waals surface area contributed by atoms with Crippen molar-refractivity contribution in [2.45, 2.75) is 51.6 Å². The van der Waals surface area contributed by atoms with Crippen LogP contribution in [0.3, 0.4) is 0 Å². The van der Waals surface area contributed by atoms with Gasteiger partial charge in [-0.1, -0.05) is 19.3 Å². The molecule has 0 saturated heterocycles. The third-order valence-corrected chi connectivity index (χ3v) is 2.93. The van der Waals surface area contributed by atoms with E-state index >= 15 is 0 Å². The van der Waals surface area contributed by atoms with Crippen LogP contribution in [0.5, 0.6) is 0 Å². The maximum absolute atomic E-state index is 4.25. The maximum Gasteiger partial charge on any atom is 0.0728 e. The van der Waals surface area contributed by atoms with Crippen LogP contribution in [0.2, 0.25) is 0 Å². The first-order valence-electron chi connectivity index (χ1n) is 5.67. The van der Waals surface area contributed by atoms with Gasteiger partial charge in [0.05, 0.1) is 11.9 Å². The number of anilines is 1. The normalized spacial score (nSPS) is 18.4. The summed E-state index contributed by atoms with van der Waals surface area (Å²) in [6.45, 7) is 3.06. The van der Waals surface area contributed by atoms with Gasteiger partial charge in [0, 0.05) is 18.8 Å². The summed E-state index contributed by atoms with van der Waals surface area (Å²) in [6.07, 6.45) is 10.8. The van der Waals surface area contributed by atoms with Crippen molar-refractivity contribution in [2.75, 3.05) is 5.32 Å². The van der Waals surface area contributed by atoms with E-state index in [9.17, 15) is 0 Å². The number of nitrogens with zero attached hydrogens (tertiary/aromatic N) is 2. The molecule has 1 fully saturated rings. The number of hydrogen-bond donors (Lipinski definition) is 1. The molecule has 0 amide bonds. The van der Waals surface area contributed by atoms with E-state index in [1.54, 1.807) is 0 Å². The Morgan fingerprint density at radius 3 is 2.86 bits per heavy atom. The first-order chi connectivity index (χ1) is 6.88. The van der Waals surface area contributed by atoms with Crippen LogP contribution in [0.25, 0.3) is 0 Å². The maximum atomic E-state index is 4.25. The molecule has 78 valence electrons. The predicted molar refractivity (Wildman–Crippen MR) is 58.4 cm³/mol. The van der Waals surface area contributed by atoms with Crippen LogP contribution < -0.4 is 5.32 Å². The van der Waals surface area contributed by atoms with Gasteiger partial charge < -0.3 is 5.32 Å². The lowest BCUT2D eigenvalue weighted by atomic mass is 9.95. The van der Waals surface area contributed by atoms with E-state index in [-0.39, 0.29) is 0 Å². The minimum absolute atomic E-state index is 0.679. The van der Waals surface area contributed by atoms with Gasteiger partial charge in [-0.15, -0.1) is 0 Å². The molecule has 2 rings (SSSR count). The van der Waals surface area contributed by atoms with Crippen LogP contribution in [0.4, 0.5) is 5.69 Å². The van der Waals surface area contributed by atoms with Crippen molar-refractivity contribution in [2.24, 2.45) is 0 Å². The number of rotatable bonds is 3. The van der Waals surface area contributed by atoms with Crippen molar-refractivity contribution in [1.82, 2.24) is 9.78 Å². The third-order valence-electron chi connectivity index (χ3n) is 2.93. The molecular formula is C11H19N3. The second kappa shape index (κ2) is 4.49. The first kappa shape index (κ1) is 9.56. The van der Waals surface area contributed by atoms with Gasteiger partial charge in [-0.05, 0) is 19.8 Å². The lowest BCUT2D eigenvalue weighted by molar-refractivity contribution is 0.462. The van der Waals surface area contributed by atoms with E-state index in [0.29, 0.717) is 6.04 Å². The molecule has 14 heavy (non-hydrogen) atoms. The van der Waals surface area contributed by atoms with Gasteiger partial charge in [0.25, 0.3) is 0 Å². The molecule has 3 nitrogen and oxygen atoms in total. The minimum Gasteiger partial charge on any atom is -0.380 e. The van der Waals surface area contributed by atoms with Gasteiger partial charge in [-0.2, -0.15) is 5.10 Å². The van der Waals surface area contributed by atoms with E-state index in [1.165, 1.54) is 37.8 Å². The Kier molecular flexibility index (Phi) is 3.07. The van der Waals surface area contributed by atoms with Gasteiger partial charge in [-0.25, -0.2) is 0 Å². The summed E-state index contributed by atoms with van der Waals surface area (Å²) in [5.74, 6) is 0. The molecule has 0 unspecified atom stereocenters. The van der Waals surface area contributed by atoms with Crippen molar-refractivity contribution in [3.8, 4) is 0 Å². The highest BCUT2D eigenvalue weighted by molar-refractivity contribution is 5.39. The smallest absolute Gasteiger partial charge is 0.0728 e. The molecule has 0 atom stereocenters. The van der Waals surface area contributed by atoms with Crippen molar-refractivity contribution >= 4 is 5.69 Å². The average Bonchev–Trinajstić information content (AvgIpc) is 2.67. The zero-order valence-corrected chi connectivity index (χ0v) is 8.87. The van der Waals surface area contributed by atoms with Crippen LogP contribution in [-0.4, -0.2) is 15.8 Å². The molecule has 1 N–H and O–H groups in total. The Bertz CT molecular complexity index is 274. The molecule has 1 saturated carbocycles. The van der Waals surface area contributed by atoms with E-state index in [1.807, 2.05) is 10.9 Å². The Morgan fingerprint density at radius 2 is 2.21 bits per heavy atom. The molecule has 0 radical (unpaired) electrons. The van der Waals surface area contributed by atoms with Crippen molar-refractivity contribution in [3.05, 3.63) is 12.4 Å². The summed E-state index contributed by atoms with van der Waals surface area (Å²) < 4.78 is 1.96. The highest BCUT2D eigenvalue weighted by Gasteiger charge is 2.13. The number of hydrogen-bond acceptors (Lipinski definition) is 2. The first-order valence-corrected chi connectivity index (χ1v) is 5.67. The Hall–Kier alpha value is -0.990. The lowest BCUT2D eigenvalue weighted by Gasteiger charge is -2.22. The largest absolute Gasteiger partial charge is 0.380 e. The van der Waals surface area contributed by atoms with Gasteiger partial charge in [0.15, 0.2) is 0 Å². The molecule has 1 aromatic rings. The standard InChI is InChI=1S/C11H19N3/c1-2-14-9-11(8-12-14)13-10-6-4-3-5-7-10/h8-10,13H,2-7H2,1H3. The fraction of sp³-hybridized carbons (Fsp3) is 0.727. The average molecular weight is 193 g/mol. The van der Waals surface area contributed by atoms with Crippen LogP contribution in [-0.2, 0) is 6.54 Å². The summed E-state index contributed by atoms with van der Waals surface area (Å²) in [7, 11) is 0. The number of nitrogens with one attached hydrogen (secondary N) is 1. The predicted octanol–water partition coefficient (Wildman–Crippen LogP) is 2.65. The molecule has 1 aliphatic carbocycles. The van der Waals surface area contributed by atoms with Gasteiger partial charge in [-0.3, -0.25) is 4.68 Å². The molecule has 0 spiro atoms. The molecule has 0 bridgehead atoms. The summed E-state index contributed by atoms with van der Waals surface area (Å²) >= 11 is 0. The fourth-order valence-corrected chi connectivity index (χ4v) is 2.09. The highest BCUT2D eigenvalue weighted by Crippen LogP contribution is 2.21. The quantitative estimate of drug-likeness (QED) is 0.799. The lowest BCUT2D eigenvalue weighted by Crippen LogP contribution is -2.21. The van der Waals surface area contributed by atoms with Crippen molar-refractivity contribution in [1.29, 1.82) is 0 Å². The van der Waals surface area contributed by atoms with Gasteiger partial charge >= 0.3 is 0 Å². The molecule has 0 aromatic carbocycles. The van der Waals surface area contributed by atoms with E-state index in [4.69, 9.17) is 0 Å². The summed E-state index contributed by atoms with van der Waals surface area (Å²) in [6, 6.07) is 0.679. The molecule has 1 heterocycles.